The molecule has 0 aliphatic heterocycles. The zero-order valence-electron chi connectivity index (χ0n) is 8.13. The average molecular weight is 373 g/mol. The van der Waals surface area contributed by atoms with Gasteiger partial charge in [0.15, 0.2) is 0 Å². The van der Waals surface area contributed by atoms with Gasteiger partial charge in [-0.2, -0.15) is 0 Å². The summed E-state index contributed by atoms with van der Waals surface area (Å²) in [6, 6.07) is 7.75. The quantitative estimate of drug-likeness (QED) is 0.265. The summed E-state index contributed by atoms with van der Waals surface area (Å²) < 4.78 is 1.22. The second-order valence-corrected chi connectivity index (χ2v) is 4.31. The first-order chi connectivity index (χ1) is 7.25. The van der Waals surface area contributed by atoms with Crippen molar-refractivity contribution in [3.8, 4) is 0 Å². The molecule has 0 atom stereocenters. The number of anilines is 1. The summed E-state index contributed by atoms with van der Waals surface area (Å²) in [5, 5.41) is 14.1. The molecule has 90 valence electrons. The van der Waals surface area contributed by atoms with Gasteiger partial charge in [0.2, 0.25) is 0 Å². The van der Waals surface area contributed by atoms with Gasteiger partial charge in [-0.25, -0.2) is 0 Å². The van der Waals surface area contributed by atoms with E-state index in [1.807, 2.05) is 24.3 Å². The number of aliphatic hydroxyl groups is 2. The SMILES string of the molecule is NC(O)=S.NC(O)=S.Nc1ccc(I)cc1. The van der Waals surface area contributed by atoms with Crippen molar-refractivity contribution in [1.29, 1.82) is 0 Å². The fourth-order valence-corrected chi connectivity index (χ4v) is 0.822. The van der Waals surface area contributed by atoms with Crippen LogP contribution in [0, 0.1) is 3.57 Å². The first kappa shape index (κ1) is 17.5. The predicted octanol–water partition coefficient (Wildman–Crippen LogP) is 1.45. The third kappa shape index (κ3) is 23.2. The lowest BCUT2D eigenvalue weighted by molar-refractivity contribution is 0.559. The average Bonchev–Trinajstić information content (AvgIpc) is 2.08. The molecule has 0 heterocycles. The van der Waals surface area contributed by atoms with E-state index >= 15 is 0 Å². The molecular formula is C8H12IN3O2S2. The Morgan fingerprint density at radius 2 is 1.25 bits per heavy atom. The van der Waals surface area contributed by atoms with Crippen LogP contribution in [0.25, 0.3) is 0 Å². The summed E-state index contributed by atoms with van der Waals surface area (Å²) in [5.41, 5.74) is 15.0. The molecule has 0 saturated heterocycles. The van der Waals surface area contributed by atoms with E-state index in [0.717, 1.165) is 5.69 Å². The molecule has 16 heavy (non-hydrogen) atoms. The number of aliphatic hydroxyl groups excluding tert-OH is 2. The minimum Gasteiger partial charge on any atom is -0.487 e. The van der Waals surface area contributed by atoms with Crippen LogP contribution < -0.4 is 17.2 Å². The summed E-state index contributed by atoms with van der Waals surface area (Å²) in [4.78, 5) is 0. The van der Waals surface area contributed by atoms with Crippen molar-refractivity contribution >= 4 is 63.1 Å². The van der Waals surface area contributed by atoms with Crippen molar-refractivity contribution in [2.24, 2.45) is 11.5 Å². The van der Waals surface area contributed by atoms with Gasteiger partial charge in [-0.3, -0.25) is 0 Å². The maximum Gasteiger partial charge on any atom is 0.251 e. The van der Waals surface area contributed by atoms with Gasteiger partial charge in [-0.05, 0) is 71.3 Å². The van der Waals surface area contributed by atoms with Crippen LogP contribution in [0.5, 0.6) is 0 Å². The molecule has 0 amide bonds. The van der Waals surface area contributed by atoms with Crippen molar-refractivity contribution in [3.63, 3.8) is 0 Å². The Morgan fingerprint density at radius 3 is 1.44 bits per heavy atom. The lowest BCUT2D eigenvalue weighted by Gasteiger charge is -1.89. The number of hydrogen-bond donors (Lipinski definition) is 5. The van der Waals surface area contributed by atoms with Gasteiger partial charge in [0.25, 0.3) is 10.3 Å². The van der Waals surface area contributed by atoms with Crippen LogP contribution >= 0.6 is 47.0 Å². The smallest absolute Gasteiger partial charge is 0.251 e. The minimum absolute atomic E-state index is 0.500. The molecule has 0 aromatic heterocycles. The van der Waals surface area contributed by atoms with Crippen molar-refractivity contribution in [1.82, 2.24) is 0 Å². The lowest BCUT2D eigenvalue weighted by atomic mass is 10.3. The maximum atomic E-state index is 7.56. The highest BCUT2D eigenvalue weighted by atomic mass is 127. The molecule has 0 unspecified atom stereocenters. The summed E-state index contributed by atoms with van der Waals surface area (Å²) >= 11 is 9.98. The number of thiocarbonyl (C=S) groups is 2. The predicted molar refractivity (Wildman–Crippen MR) is 82.4 cm³/mol. The standard InChI is InChI=1S/C6H6IN.2CH3NOS/c7-5-1-3-6(8)4-2-5;2*2-1(3)4/h1-4H,8H2;2*(H3,2,3,4). The number of nitrogens with two attached hydrogens (primary N) is 3. The molecular weight excluding hydrogens is 361 g/mol. The molecule has 0 spiro atoms. The summed E-state index contributed by atoms with van der Waals surface area (Å²) in [7, 11) is 0. The van der Waals surface area contributed by atoms with E-state index in [4.69, 9.17) is 15.9 Å². The van der Waals surface area contributed by atoms with Crippen LogP contribution in [0.2, 0.25) is 0 Å². The van der Waals surface area contributed by atoms with Gasteiger partial charge in [-0.1, -0.05) is 0 Å². The number of nitrogen functional groups attached to an aromatic ring is 1. The molecule has 0 aliphatic rings. The van der Waals surface area contributed by atoms with Crippen molar-refractivity contribution in [2.75, 3.05) is 5.73 Å². The number of halogens is 1. The van der Waals surface area contributed by atoms with E-state index in [0.29, 0.717) is 0 Å². The fraction of sp³-hybridized carbons (Fsp3) is 0. The molecule has 0 aliphatic carbocycles. The first-order valence-corrected chi connectivity index (χ1v) is 5.63. The Hall–Kier alpha value is -0.870. The molecule has 1 aromatic rings. The number of hydrogen-bond acceptors (Lipinski definition) is 3. The molecule has 1 rings (SSSR count). The van der Waals surface area contributed by atoms with E-state index in [9.17, 15) is 0 Å². The molecule has 0 bridgehead atoms. The van der Waals surface area contributed by atoms with Gasteiger partial charge >= 0.3 is 0 Å². The van der Waals surface area contributed by atoms with E-state index < -0.39 is 10.3 Å². The monoisotopic (exact) mass is 373 g/mol. The maximum absolute atomic E-state index is 7.56. The van der Waals surface area contributed by atoms with E-state index in [1.54, 1.807) is 0 Å². The third-order valence-electron chi connectivity index (χ3n) is 0.870. The van der Waals surface area contributed by atoms with Crippen LogP contribution in [0.15, 0.2) is 24.3 Å². The normalized spacial score (nSPS) is 7.56. The van der Waals surface area contributed by atoms with Gasteiger partial charge < -0.3 is 27.4 Å². The summed E-state index contributed by atoms with van der Waals surface area (Å²) in [6.45, 7) is 0. The first-order valence-electron chi connectivity index (χ1n) is 3.73. The van der Waals surface area contributed by atoms with Gasteiger partial charge in [0, 0.05) is 9.26 Å². The molecule has 0 radical (unpaired) electrons. The lowest BCUT2D eigenvalue weighted by Crippen LogP contribution is -2.03. The van der Waals surface area contributed by atoms with Crippen molar-refractivity contribution in [2.45, 2.75) is 0 Å². The second kappa shape index (κ2) is 10.6. The van der Waals surface area contributed by atoms with Crippen LogP contribution in [-0.2, 0) is 0 Å². The summed E-state index contributed by atoms with van der Waals surface area (Å²) in [6.07, 6.45) is 0. The fourth-order valence-electron chi connectivity index (χ4n) is 0.463. The Labute approximate surface area is 118 Å². The molecule has 0 fully saturated rings. The number of benzene rings is 1. The van der Waals surface area contributed by atoms with E-state index in [-0.39, 0.29) is 0 Å². The van der Waals surface area contributed by atoms with E-state index in [1.165, 1.54) is 3.57 Å². The Balaban J connectivity index is 0. The van der Waals surface area contributed by atoms with Crippen LogP contribution in [-0.4, -0.2) is 20.6 Å². The highest BCUT2D eigenvalue weighted by Crippen LogP contribution is 2.06. The zero-order valence-corrected chi connectivity index (χ0v) is 11.9. The van der Waals surface area contributed by atoms with Crippen LogP contribution in [0.1, 0.15) is 0 Å². The van der Waals surface area contributed by atoms with Gasteiger partial charge in [-0.15, -0.1) is 0 Å². The molecule has 0 saturated carbocycles. The largest absolute Gasteiger partial charge is 0.487 e. The van der Waals surface area contributed by atoms with E-state index in [2.05, 4.69) is 58.5 Å². The number of rotatable bonds is 0. The van der Waals surface area contributed by atoms with Crippen molar-refractivity contribution in [3.05, 3.63) is 27.8 Å². The topological polar surface area (TPSA) is 119 Å². The minimum atomic E-state index is -0.500. The molecule has 5 nitrogen and oxygen atoms in total. The Morgan fingerprint density at radius 1 is 1.00 bits per heavy atom. The molecule has 8 heteroatoms. The Kier molecular flexibility index (Phi) is 11.7. The highest BCUT2D eigenvalue weighted by molar-refractivity contribution is 14.1. The zero-order chi connectivity index (χ0) is 13.1. The Bertz CT molecular complexity index is 292. The van der Waals surface area contributed by atoms with Crippen molar-refractivity contribution < 1.29 is 10.2 Å². The second-order valence-electron chi connectivity index (χ2n) is 2.23. The summed E-state index contributed by atoms with van der Waals surface area (Å²) in [5.74, 6) is 0. The molecule has 1 aromatic carbocycles. The highest BCUT2D eigenvalue weighted by Gasteiger charge is 1.81. The van der Waals surface area contributed by atoms with Crippen LogP contribution in [0.3, 0.4) is 0 Å². The molecule has 8 N–H and O–H groups in total. The van der Waals surface area contributed by atoms with Crippen LogP contribution in [0.4, 0.5) is 5.69 Å². The third-order valence-corrected chi connectivity index (χ3v) is 1.59. The van der Waals surface area contributed by atoms with Gasteiger partial charge in [0.1, 0.15) is 0 Å². The van der Waals surface area contributed by atoms with Gasteiger partial charge in [0.05, 0.1) is 0 Å².